The summed E-state index contributed by atoms with van der Waals surface area (Å²) in [5.74, 6) is -0.615. The highest BCUT2D eigenvalue weighted by molar-refractivity contribution is 6.30. The van der Waals surface area contributed by atoms with Gasteiger partial charge in [-0.3, -0.25) is 14.5 Å². The monoisotopic (exact) mass is 356 g/mol. The van der Waals surface area contributed by atoms with Gasteiger partial charge in [0.1, 0.15) is 5.54 Å². The fraction of sp³-hybridized carbons (Fsp3) is 0.200. The highest BCUT2D eigenvalue weighted by atomic mass is 35.5. The molecule has 5 heteroatoms. The quantitative estimate of drug-likeness (QED) is 0.791. The molecule has 0 aliphatic heterocycles. The van der Waals surface area contributed by atoms with Gasteiger partial charge >= 0.3 is 0 Å². The molecule has 2 rings (SSSR count). The zero-order valence-corrected chi connectivity index (χ0v) is 15.3. The van der Waals surface area contributed by atoms with Crippen LogP contribution in [0.4, 0.5) is 11.4 Å². The van der Waals surface area contributed by atoms with Crippen LogP contribution in [-0.4, -0.2) is 17.4 Å². The highest BCUT2D eigenvalue weighted by Gasteiger charge is 2.39. The molecule has 0 aliphatic rings. The maximum Gasteiger partial charge on any atom is 0.254 e. The normalized spacial score (nSPS) is 10.9. The highest BCUT2D eigenvalue weighted by Crippen LogP contribution is 2.27. The van der Waals surface area contributed by atoms with Crippen LogP contribution in [0.15, 0.2) is 66.7 Å². The third-order valence-corrected chi connectivity index (χ3v) is 4.05. The number of nitrogens with zero attached hydrogens (tertiary/aromatic N) is 1. The number of para-hydroxylation sites is 1. The zero-order valence-electron chi connectivity index (χ0n) is 14.5. The number of carbonyl (C=O) groups is 2. The van der Waals surface area contributed by atoms with E-state index >= 15 is 0 Å². The van der Waals surface area contributed by atoms with Crippen molar-refractivity contribution >= 4 is 34.8 Å². The number of nitrogens with one attached hydrogen (secondary N) is 1. The molecule has 0 aliphatic carbocycles. The largest absolute Gasteiger partial charge is 0.324 e. The lowest BCUT2D eigenvalue weighted by Crippen LogP contribution is -2.55. The van der Waals surface area contributed by atoms with E-state index in [0.29, 0.717) is 22.0 Å². The van der Waals surface area contributed by atoms with Crippen molar-refractivity contribution in [2.24, 2.45) is 0 Å². The summed E-state index contributed by atoms with van der Waals surface area (Å²) in [5, 5.41) is 3.42. The number of benzene rings is 2. The van der Waals surface area contributed by atoms with Crippen molar-refractivity contribution in [2.75, 3.05) is 10.2 Å². The molecule has 0 unspecified atom stereocenters. The number of halogens is 1. The molecule has 25 heavy (non-hydrogen) atoms. The SMILES string of the molecule is C=C(C)C(=O)N(c1ccccc1)C(C)(C)C(=O)Nc1ccc(Cl)cc1. The second kappa shape index (κ2) is 7.53. The summed E-state index contributed by atoms with van der Waals surface area (Å²) in [6.07, 6.45) is 0. The van der Waals surface area contributed by atoms with Gasteiger partial charge < -0.3 is 5.32 Å². The van der Waals surface area contributed by atoms with Crippen LogP contribution in [0.5, 0.6) is 0 Å². The Kier molecular flexibility index (Phi) is 5.65. The Morgan fingerprint density at radius 3 is 2.12 bits per heavy atom. The lowest BCUT2D eigenvalue weighted by Gasteiger charge is -2.37. The Labute approximate surface area is 153 Å². The first kappa shape index (κ1) is 18.7. The molecule has 4 nitrogen and oxygen atoms in total. The van der Waals surface area contributed by atoms with Gasteiger partial charge in [-0.15, -0.1) is 0 Å². The molecule has 0 heterocycles. The Morgan fingerprint density at radius 1 is 1.04 bits per heavy atom. The first-order valence-electron chi connectivity index (χ1n) is 7.85. The second-order valence-corrected chi connectivity index (χ2v) is 6.71. The number of hydrogen-bond donors (Lipinski definition) is 1. The molecule has 1 N–H and O–H groups in total. The van der Waals surface area contributed by atoms with E-state index in [2.05, 4.69) is 11.9 Å². The third-order valence-electron chi connectivity index (χ3n) is 3.80. The van der Waals surface area contributed by atoms with Crippen LogP contribution < -0.4 is 10.2 Å². The molecular weight excluding hydrogens is 336 g/mol. The summed E-state index contributed by atoms with van der Waals surface area (Å²) in [5.41, 5.74) is 0.470. The van der Waals surface area contributed by atoms with E-state index in [4.69, 9.17) is 11.6 Å². The predicted octanol–water partition coefficient (Wildman–Crippen LogP) is 4.67. The average Bonchev–Trinajstić information content (AvgIpc) is 2.57. The molecule has 0 radical (unpaired) electrons. The average molecular weight is 357 g/mol. The first-order valence-corrected chi connectivity index (χ1v) is 8.23. The molecule has 2 amide bonds. The Morgan fingerprint density at radius 2 is 1.60 bits per heavy atom. The molecule has 0 aromatic heterocycles. The van der Waals surface area contributed by atoms with Crippen LogP contribution in [0.3, 0.4) is 0 Å². The van der Waals surface area contributed by atoms with E-state index in [1.807, 2.05) is 18.2 Å². The van der Waals surface area contributed by atoms with Gasteiger partial charge in [-0.2, -0.15) is 0 Å². The Hall–Kier alpha value is -2.59. The van der Waals surface area contributed by atoms with Crippen molar-refractivity contribution in [3.63, 3.8) is 0 Å². The first-order chi connectivity index (χ1) is 11.7. The number of rotatable bonds is 5. The Bertz CT molecular complexity index is 783. The van der Waals surface area contributed by atoms with E-state index < -0.39 is 5.54 Å². The Balaban J connectivity index is 2.36. The van der Waals surface area contributed by atoms with Crippen LogP contribution in [0.25, 0.3) is 0 Å². The molecule has 2 aromatic rings. The maximum absolute atomic E-state index is 12.9. The fourth-order valence-electron chi connectivity index (χ4n) is 2.38. The van der Waals surface area contributed by atoms with Gasteiger partial charge in [-0.05, 0) is 57.2 Å². The topological polar surface area (TPSA) is 49.4 Å². The summed E-state index contributed by atoms with van der Waals surface area (Å²) >= 11 is 5.87. The number of amides is 2. The van der Waals surface area contributed by atoms with E-state index in [9.17, 15) is 9.59 Å². The van der Waals surface area contributed by atoms with Crippen molar-refractivity contribution < 1.29 is 9.59 Å². The zero-order chi connectivity index (χ0) is 18.6. The minimum Gasteiger partial charge on any atom is -0.324 e. The van der Waals surface area contributed by atoms with Crippen molar-refractivity contribution in [3.05, 3.63) is 71.8 Å². The van der Waals surface area contributed by atoms with Crippen molar-refractivity contribution in [3.8, 4) is 0 Å². The van der Waals surface area contributed by atoms with Gasteiger partial charge in [0.15, 0.2) is 0 Å². The van der Waals surface area contributed by atoms with Crippen LogP contribution >= 0.6 is 11.6 Å². The molecule has 0 atom stereocenters. The fourth-order valence-corrected chi connectivity index (χ4v) is 2.51. The minimum atomic E-state index is -1.13. The number of carbonyl (C=O) groups excluding carboxylic acids is 2. The van der Waals surface area contributed by atoms with E-state index in [1.54, 1.807) is 57.2 Å². The van der Waals surface area contributed by atoms with Gasteiger partial charge in [0.05, 0.1) is 0 Å². The summed E-state index contributed by atoms with van der Waals surface area (Å²) in [7, 11) is 0. The lowest BCUT2D eigenvalue weighted by molar-refractivity contribution is -0.124. The maximum atomic E-state index is 12.9. The smallest absolute Gasteiger partial charge is 0.254 e. The lowest BCUT2D eigenvalue weighted by atomic mass is 9.98. The molecule has 2 aromatic carbocycles. The number of anilines is 2. The predicted molar refractivity (Wildman–Crippen MR) is 103 cm³/mol. The molecular formula is C20H21ClN2O2. The molecule has 0 saturated heterocycles. The summed E-state index contributed by atoms with van der Waals surface area (Å²) in [4.78, 5) is 27.1. The molecule has 0 saturated carbocycles. The summed E-state index contributed by atoms with van der Waals surface area (Å²) in [6.45, 7) is 8.76. The van der Waals surface area contributed by atoms with E-state index in [1.165, 1.54) is 4.90 Å². The molecule has 0 spiro atoms. The molecule has 130 valence electrons. The van der Waals surface area contributed by atoms with E-state index in [-0.39, 0.29) is 11.8 Å². The van der Waals surface area contributed by atoms with Gasteiger partial charge in [0.2, 0.25) is 5.91 Å². The summed E-state index contributed by atoms with van der Waals surface area (Å²) < 4.78 is 0. The van der Waals surface area contributed by atoms with Crippen LogP contribution in [0, 0.1) is 0 Å². The van der Waals surface area contributed by atoms with Crippen LogP contribution in [-0.2, 0) is 9.59 Å². The minimum absolute atomic E-state index is 0.303. The van der Waals surface area contributed by atoms with Crippen LogP contribution in [0.2, 0.25) is 5.02 Å². The van der Waals surface area contributed by atoms with Gasteiger partial charge in [-0.1, -0.05) is 36.4 Å². The second-order valence-electron chi connectivity index (χ2n) is 6.28. The summed E-state index contributed by atoms with van der Waals surface area (Å²) in [6, 6.07) is 15.9. The van der Waals surface area contributed by atoms with Crippen molar-refractivity contribution in [1.82, 2.24) is 0 Å². The van der Waals surface area contributed by atoms with Gasteiger partial charge in [-0.25, -0.2) is 0 Å². The number of hydrogen-bond acceptors (Lipinski definition) is 2. The van der Waals surface area contributed by atoms with Gasteiger partial charge in [0, 0.05) is 22.0 Å². The van der Waals surface area contributed by atoms with Crippen molar-refractivity contribution in [1.29, 1.82) is 0 Å². The molecule has 0 fully saturated rings. The van der Waals surface area contributed by atoms with Crippen molar-refractivity contribution in [2.45, 2.75) is 26.3 Å². The van der Waals surface area contributed by atoms with Crippen LogP contribution in [0.1, 0.15) is 20.8 Å². The van der Waals surface area contributed by atoms with E-state index in [0.717, 1.165) is 0 Å². The standard InChI is InChI=1S/C20H21ClN2O2/c1-14(2)18(24)23(17-8-6-5-7-9-17)20(3,4)19(25)22-16-12-10-15(21)11-13-16/h5-13H,1H2,2-4H3,(H,22,25). The van der Waals surface area contributed by atoms with Gasteiger partial charge in [0.25, 0.3) is 5.91 Å². The third kappa shape index (κ3) is 4.28. The molecule has 0 bridgehead atoms.